The van der Waals surface area contributed by atoms with Crippen molar-refractivity contribution in [2.24, 2.45) is 5.92 Å². The van der Waals surface area contributed by atoms with Gasteiger partial charge in [-0.2, -0.15) is 0 Å². The highest BCUT2D eigenvalue weighted by atomic mass is 16.5. The molecule has 29 heavy (non-hydrogen) atoms. The molecular formula is C24H29NO4. The van der Waals surface area contributed by atoms with Crippen LogP contribution in [0.5, 0.6) is 11.5 Å². The van der Waals surface area contributed by atoms with E-state index >= 15 is 0 Å². The minimum atomic E-state index is -0.132. The second-order valence-corrected chi connectivity index (χ2v) is 7.39. The average molecular weight is 395 g/mol. The van der Waals surface area contributed by atoms with Crippen molar-refractivity contribution in [1.82, 2.24) is 4.90 Å². The lowest BCUT2D eigenvalue weighted by atomic mass is 9.96. The number of rotatable bonds is 9. The Bertz CT molecular complexity index is 827. The number of ketones is 1. The predicted octanol–water partition coefficient (Wildman–Crippen LogP) is 3.56. The van der Waals surface area contributed by atoms with Crippen molar-refractivity contribution >= 4 is 11.9 Å². The average Bonchev–Trinajstić information content (AvgIpc) is 2.73. The summed E-state index contributed by atoms with van der Waals surface area (Å²) in [6, 6.07) is 14.8. The summed E-state index contributed by atoms with van der Waals surface area (Å²) >= 11 is 0. The van der Waals surface area contributed by atoms with Crippen LogP contribution in [0.15, 0.2) is 54.6 Å². The number of hydrogen-bond donors (Lipinski definition) is 1. The third-order valence-corrected chi connectivity index (χ3v) is 5.02. The normalized spacial score (nSPS) is 16.0. The first-order chi connectivity index (χ1) is 14.1. The molecular weight excluding hydrogens is 366 g/mol. The van der Waals surface area contributed by atoms with E-state index in [0.717, 1.165) is 49.7 Å². The van der Waals surface area contributed by atoms with Crippen molar-refractivity contribution in [3.63, 3.8) is 0 Å². The molecule has 0 aliphatic carbocycles. The monoisotopic (exact) mass is 395 g/mol. The standard InChI is InChI=1S/C24H29NO4/c1-19(24(27)9-8-20-4-2-6-22(26)17-20)16-21-5-3-7-23(18-21)29-15-12-25-10-13-28-14-11-25/h2-9,17-19,26H,10-16H2,1H3/b9-8+. The summed E-state index contributed by atoms with van der Waals surface area (Å²) in [7, 11) is 0. The Morgan fingerprint density at radius 1 is 1.21 bits per heavy atom. The molecule has 0 spiro atoms. The first-order valence-corrected chi connectivity index (χ1v) is 10.1. The number of phenolic OH excluding ortho intramolecular Hbond substituents is 1. The molecule has 5 nitrogen and oxygen atoms in total. The largest absolute Gasteiger partial charge is 0.508 e. The Morgan fingerprint density at radius 2 is 2.00 bits per heavy atom. The molecule has 1 unspecified atom stereocenters. The first kappa shape index (κ1) is 21.1. The fourth-order valence-corrected chi connectivity index (χ4v) is 3.30. The van der Waals surface area contributed by atoms with Crippen molar-refractivity contribution in [3.8, 4) is 11.5 Å². The van der Waals surface area contributed by atoms with Gasteiger partial charge in [0.1, 0.15) is 18.1 Å². The topological polar surface area (TPSA) is 59.0 Å². The highest BCUT2D eigenvalue weighted by molar-refractivity contribution is 5.95. The molecule has 0 amide bonds. The van der Waals surface area contributed by atoms with Crippen molar-refractivity contribution in [3.05, 3.63) is 65.7 Å². The zero-order valence-corrected chi connectivity index (χ0v) is 16.9. The van der Waals surface area contributed by atoms with Crippen molar-refractivity contribution < 1.29 is 19.4 Å². The van der Waals surface area contributed by atoms with Crippen LogP contribution >= 0.6 is 0 Å². The Labute approximate surface area is 172 Å². The van der Waals surface area contributed by atoms with Gasteiger partial charge in [-0.05, 0) is 47.9 Å². The number of nitrogens with zero attached hydrogens (tertiary/aromatic N) is 1. The Balaban J connectivity index is 1.48. The van der Waals surface area contributed by atoms with Crippen molar-refractivity contribution in [2.45, 2.75) is 13.3 Å². The highest BCUT2D eigenvalue weighted by Crippen LogP contribution is 2.18. The van der Waals surface area contributed by atoms with Crippen LogP contribution in [-0.2, 0) is 16.0 Å². The van der Waals surface area contributed by atoms with Gasteiger partial charge in [-0.15, -0.1) is 0 Å². The summed E-state index contributed by atoms with van der Waals surface area (Å²) in [5.41, 5.74) is 1.89. The second kappa shape index (κ2) is 10.8. The number of carbonyl (C=O) groups is 1. The van der Waals surface area contributed by atoms with E-state index < -0.39 is 0 Å². The van der Waals surface area contributed by atoms with Gasteiger partial charge in [0.25, 0.3) is 0 Å². The van der Waals surface area contributed by atoms with Gasteiger partial charge in [-0.25, -0.2) is 0 Å². The smallest absolute Gasteiger partial charge is 0.158 e. The summed E-state index contributed by atoms with van der Waals surface area (Å²) in [5, 5.41) is 9.51. The van der Waals surface area contributed by atoms with Gasteiger partial charge in [0.15, 0.2) is 5.78 Å². The minimum absolute atomic E-state index is 0.0620. The Hall–Kier alpha value is -2.63. The summed E-state index contributed by atoms with van der Waals surface area (Å²) in [6.45, 7) is 6.97. The number of aromatic hydroxyl groups is 1. The zero-order chi connectivity index (χ0) is 20.5. The maximum absolute atomic E-state index is 12.4. The fraction of sp³-hybridized carbons (Fsp3) is 0.375. The lowest BCUT2D eigenvalue weighted by Crippen LogP contribution is -2.38. The molecule has 1 aliphatic heterocycles. The van der Waals surface area contributed by atoms with E-state index in [2.05, 4.69) is 4.90 Å². The molecule has 0 saturated carbocycles. The van der Waals surface area contributed by atoms with Crippen LogP contribution in [0.25, 0.3) is 6.08 Å². The SMILES string of the molecule is CC(Cc1cccc(OCCN2CCOCC2)c1)C(=O)/C=C/c1cccc(O)c1. The second-order valence-electron chi connectivity index (χ2n) is 7.39. The van der Waals surface area contributed by atoms with Gasteiger partial charge in [0.05, 0.1) is 13.2 Å². The molecule has 1 aliphatic rings. The van der Waals surface area contributed by atoms with Gasteiger partial charge in [-0.3, -0.25) is 9.69 Å². The van der Waals surface area contributed by atoms with Crippen LogP contribution in [0.4, 0.5) is 0 Å². The molecule has 5 heteroatoms. The number of morpholine rings is 1. The number of ether oxygens (including phenoxy) is 2. The lowest BCUT2D eigenvalue weighted by Gasteiger charge is -2.26. The fourth-order valence-electron chi connectivity index (χ4n) is 3.30. The molecule has 0 radical (unpaired) electrons. The number of hydrogen-bond acceptors (Lipinski definition) is 5. The molecule has 1 N–H and O–H groups in total. The van der Waals surface area contributed by atoms with E-state index in [4.69, 9.17) is 9.47 Å². The summed E-state index contributed by atoms with van der Waals surface area (Å²) in [6.07, 6.45) is 3.98. The van der Waals surface area contributed by atoms with E-state index in [9.17, 15) is 9.90 Å². The van der Waals surface area contributed by atoms with Gasteiger partial charge < -0.3 is 14.6 Å². The van der Waals surface area contributed by atoms with Crippen molar-refractivity contribution in [1.29, 1.82) is 0 Å². The third kappa shape index (κ3) is 7.04. The predicted molar refractivity (Wildman–Crippen MR) is 114 cm³/mol. The summed E-state index contributed by atoms with van der Waals surface area (Å²) in [4.78, 5) is 14.8. The molecule has 1 saturated heterocycles. The molecule has 2 aromatic carbocycles. The molecule has 3 rings (SSSR count). The number of allylic oxidation sites excluding steroid dienone is 1. The van der Waals surface area contributed by atoms with Crippen LogP contribution < -0.4 is 4.74 Å². The zero-order valence-electron chi connectivity index (χ0n) is 16.9. The highest BCUT2D eigenvalue weighted by Gasteiger charge is 2.12. The molecule has 0 aromatic heterocycles. The molecule has 1 heterocycles. The first-order valence-electron chi connectivity index (χ1n) is 10.1. The third-order valence-electron chi connectivity index (χ3n) is 5.02. The van der Waals surface area contributed by atoms with Crippen LogP contribution in [0.2, 0.25) is 0 Å². The lowest BCUT2D eigenvalue weighted by molar-refractivity contribution is -0.117. The molecule has 1 fully saturated rings. The van der Waals surface area contributed by atoms with E-state index in [-0.39, 0.29) is 17.5 Å². The molecule has 2 aromatic rings. The Kier molecular flexibility index (Phi) is 7.85. The molecule has 154 valence electrons. The van der Waals surface area contributed by atoms with Crippen LogP contribution in [0.3, 0.4) is 0 Å². The molecule has 1 atom stereocenters. The van der Waals surface area contributed by atoms with E-state index in [1.165, 1.54) is 0 Å². The van der Waals surface area contributed by atoms with Gasteiger partial charge >= 0.3 is 0 Å². The quantitative estimate of drug-likeness (QED) is 0.658. The summed E-state index contributed by atoms with van der Waals surface area (Å²) < 4.78 is 11.3. The van der Waals surface area contributed by atoms with E-state index in [0.29, 0.717) is 13.0 Å². The van der Waals surface area contributed by atoms with E-state index in [1.54, 1.807) is 30.4 Å². The van der Waals surface area contributed by atoms with E-state index in [1.807, 2.05) is 37.3 Å². The van der Waals surface area contributed by atoms with Gasteiger partial charge in [-0.1, -0.05) is 37.3 Å². The number of benzene rings is 2. The minimum Gasteiger partial charge on any atom is -0.508 e. The van der Waals surface area contributed by atoms with Gasteiger partial charge in [0, 0.05) is 25.6 Å². The maximum Gasteiger partial charge on any atom is 0.158 e. The van der Waals surface area contributed by atoms with Crippen LogP contribution in [-0.4, -0.2) is 55.2 Å². The molecule has 0 bridgehead atoms. The number of carbonyl (C=O) groups excluding carboxylic acids is 1. The van der Waals surface area contributed by atoms with Gasteiger partial charge in [0.2, 0.25) is 0 Å². The van der Waals surface area contributed by atoms with Crippen LogP contribution in [0, 0.1) is 5.92 Å². The Morgan fingerprint density at radius 3 is 2.79 bits per heavy atom. The van der Waals surface area contributed by atoms with Crippen LogP contribution in [0.1, 0.15) is 18.1 Å². The van der Waals surface area contributed by atoms with Crippen molar-refractivity contribution in [2.75, 3.05) is 39.5 Å². The number of phenols is 1. The maximum atomic E-state index is 12.4. The summed E-state index contributed by atoms with van der Waals surface area (Å²) in [5.74, 6) is 0.961.